The predicted octanol–water partition coefficient (Wildman–Crippen LogP) is 4.30. The van der Waals surface area contributed by atoms with Crippen LogP contribution in [0.2, 0.25) is 0 Å². The number of sulfone groups is 1. The van der Waals surface area contributed by atoms with Crippen LogP contribution in [0.4, 0.5) is 5.69 Å². The first-order valence-corrected chi connectivity index (χ1v) is 11.1. The van der Waals surface area contributed by atoms with Gasteiger partial charge in [0, 0.05) is 31.3 Å². The Bertz CT molecular complexity index is 1050. The van der Waals surface area contributed by atoms with E-state index in [0.29, 0.717) is 5.92 Å². The summed E-state index contributed by atoms with van der Waals surface area (Å²) in [6.45, 7) is 2.59. The number of anilines is 1. The molecule has 146 valence electrons. The molecular formula is C22H24N2O3S. The van der Waals surface area contributed by atoms with Crippen LogP contribution in [0.25, 0.3) is 10.9 Å². The first-order valence-electron chi connectivity index (χ1n) is 9.65. The number of benzene rings is 2. The molecule has 1 N–H and O–H groups in total. The van der Waals surface area contributed by atoms with E-state index in [4.69, 9.17) is 4.74 Å². The molecule has 1 aliphatic heterocycles. The van der Waals surface area contributed by atoms with Crippen molar-refractivity contribution in [1.82, 2.24) is 4.98 Å². The van der Waals surface area contributed by atoms with Crippen LogP contribution in [0.1, 0.15) is 19.3 Å². The van der Waals surface area contributed by atoms with Crippen molar-refractivity contribution in [3.8, 4) is 0 Å². The molecule has 3 aromatic rings. The van der Waals surface area contributed by atoms with E-state index < -0.39 is 9.84 Å². The van der Waals surface area contributed by atoms with Crippen LogP contribution < -0.4 is 5.32 Å². The SMILES string of the molecule is O=S(=O)(c1ccccc1)c1cnc2c(NCCC3CCOCC3)cccc2c1. The first kappa shape index (κ1) is 18.9. The molecule has 1 fully saturated rings. The number of pyridine rings is 1. The molecular weight excluding hydrogens is 372 g/mol. The van der Waals surface area contributed by atoms with E-state index >= 15 is 0 Å². The van der Waals surface area contributed by atoms with Crippen molar-refractivity contribution in [1.29, 1.82) is 0 Å². The van der Waals surface area contributed by atoms with Crippen molar-refractivity contribution in [3.63, 3.8) is 0 Å². The molecule has 1 aromatic heterocycles. The Hall–Kier alpha value is -2.44. The second-order valence-electron chi connectivity index (χ2n) is 7.14. The minimum atomic E-state index is -3.57. The summed E-state index contributed by atoms with van der Waals surface area (Å²) in [6.07, 6.45) is 4.79. The molecule has 6 heteroatoms. The third-order valence-electron chi connectivity index (χ3n) is 5.26. The molecule has 2 aromatic carbocycles. The summed E-state index contributed by atoms with van der Waals surface area (Å²) in [5.41, 5.74) is 1.73. The van der Waals surface area contributed by atoms with Crippen LogP contribution in [0, 0.1) is 5.92 Å². The highest BCUT2D eigenvalue weighted by Gasteiger charge is 2.19. The van der Waals surface area contributed by atoms with Crippen molar-refractivity contribution >= 4 is 26.4 Å². The number of hydrogen-bond donors (Lipinski definition) is 1. The van der Waals surface area contributed by atoms with E-state index in [2.05, 4.69) is 10.3 Å². The monoisotopic (exact) mass is 396 g/mol. The Labute approximate surface area is 165 Å². The summed E-state index contributed by atoms with van der Waals surface area (Å²) in [6, 6.07) is 16.0. The maximum atomic E-state index is 12.8. The maximum absolute atomic E-state index is 12.8. The number of aromatic nitrogens is 1. The van der Waals surface area contributed by atoms with Crippen LogP contribution in [-0.2, 0) is 14.6 Å². The topological polar surface area (TPSA) is 68.3 Å². The Morgan fingerprint density at radius 2 is 1.79 bits per heavy atom. The zero-order valence-corrected chi connectivity index (χ0v) is 16.5. The van der Waals surface area contributed by atoms with Crippen molar-refractivity contribution in [2.45, 2.75) is 29.1 Å². The molecule has 0 aliphatic carbocycles. The lowest BCUT2D eigenvalue weighted by Crippen LogP contribution is -2.18. The van der Waals surface area contributed by atoms with Gasteiger partial charge in [-0.3, -0.25) is 4.98 Å². The molecule has 0 amide bonds. The van der Waals surface area contributed by atoms with Gasteiger partial charge in [-0.05, 0) is 49.4 Å². The number of para-hydroxylation sites is 1. The first-order chi connectivity index (χ1) is 13.6. The normalized spacial score (nSPS) is 15.6. The minimum Gasteiger partial charge on any atom is -0.383 e. The third kappa shape index (κ3) is 4.03. The number of hydrogen-bond acceptors (Lipinski definition) is 5. The smallest absolute Gasteiger partial charge is 0.208 e. The molecule has 0 bridgehead atoms. The van der Waals surface area contributed by atoms with Crippen LogP contribution in [-0.4, -0.2) is 33.2 Å². The number of nitrogens with one attached hydrogen (secondary N) is 1. The van der Waals surface area contributed by atoms with Gasteiger partial charge in [0.2, 0.25) is 9.84 Å². The molecule has 0 atom stereocenters. The zero-order chi connectivity index (χ0) is 19.4. The highest BCUT2D eigenvalue weighted by Crippen LogP contribution is 2.27. The lowest BCUT2D eigenvalue weighted by molar-refractivity contribution is 0.0649. The van der Waals surface area contributed by atoms with Crippen molar-refractivity contribution < 1.29 is 13.2 Å². The van der Waals surface area contributed by atoms with Gasteiger partial charge in [0.15, 0.2) is 0 Å². The molecule has 1 aliphatic rings. The van der Waals surface area contributed by atoms with Gasteiger partial charge in [-0.2, -0.15) is 0 Å². The number of ether oxygens (including phenoxy) is 1. The van der Waals surface area contributed by atoms with E-state index in [1.54, 1.807) is 36.4 Å². The fourth-order valence-corrected chi connectivity index (χ4v) is 4.87. The minimum absolute atomic E-state index is 0.213. The third-order valence-corrected chi connectivity index (χ3v) is 7.00. The second-order valence-corrected chi connectivity index (χ2v) is 9.09. The quantitative estimate of drug-likeness (QED) is 0.673. The zero-order valence-electron chi connectivity index (χ0n) is 15.7. The van der Waals surface area contributed by atoms with Crippen LogP contribution in [0.5, 0.6) is 0 Å². The molecule has 0 saturated carbocycles. The Balaban J connectivity index is 1.54. The van der Waals surface area contributed by atoms with E-state index in [9.17, 15) is 8.42 Å². The van der Waals surface area contributed by atoms with Crippen LogP contribution in [0.15, 0.2) is 70.6 Å². The van der Waals surface area contributed by atoms with Gasteiger partial charge in [-0.25, -0.2) is 8.42 Å². The van der Waals surface area contributed by atoms with Crippen molar-refractivity contribution in [2.24, 2.45) is 5.92 Å². The Morgan fingerprint density at radius 3 is 2.57 bits per heavy atom. The average molecular weight is 397 g/mol. The van der Waals surface area contributed by atoms with E-state index in [0.717, 1.165) is 55.6 Å². The predicted molar refractivity (Wildman–Crippen MR) is 110 cm³/mol. The summed E-state index contributed by atoms with van der Waals surface area (Å²) in [5.74, 6) is 0.701. The highest BCUT2D eigenvalue weighted by atomic mass is 32.2. The van der Waals surface area contributed by atoms with Gasteiger partial charge in [0.25, 0.3) is 0 Å². The lowest BCUT2D eigenvalue weighted by atomic mass is 9.96. The van der Waals surface area contributed by atoms with E-state index in [1.165, 1.54) is 6.20 Å². The molecule has 5 nitrogen and oxygen atoms in total. The largest absolute Gasteiger partial charge is 0.383 e. The van der Waals surface area contributed by atoms with Gasteiger partial charge >= 0.3 is 0 Å². The maximum Gasteiger partial charge on any atom is 0.208 e. The number of fused-ring (bicyclic) bond motifs is 1. The van der Waals surface area contributed by atoms with Gasteiger partial charge in [0.1, 0.15) is 0 Å². The molecule has 0 spiro atoms. The second kappa shape index (κ2) is 8.29. The van der Waals surface area contributed by atoms with Gasteiger partial charge in [-0.1, -0.05) is 30.3 Å². The van der Waals surface area contributed by atoms with Crippen molar-refractivity contribution in [2.75, 3.05) is 25.1 Å². The number of nitrogens with zero attached hydrogens (tertiary/aromatic N) is 1. The lowest BCUT2D eigenvalue weighted by Gasteiger charge is -2.22. The Kier molecular flexibility index (Phi) is 5.59. The van der Waals surface area contributed by atoms with E-state index in [1.807, 2.05) is 18.2 Å². The molecule has 4 rings (SSSR count). The summed E-state index contributed by atoms with van der Waals surface area (Å²) in [4.78, 5) is 4.97. The molecule has 0 unspecified atom stereocenters. The van der Waals surface area contributed by atoms with Gasteiger partial charge < -0.3 is 10.1 Å². The fraction of sp³-hybridized carbons (Fsp3) is 0.318. The van der Waals surface area contributed by atoms with Gasteiger partial charge in [0.05, 0.1) is 21.0 Å². The molecule has 2 heterocycles. The standard InChI is InChI=1S/C22H24N2O3S/c25-28(26,19-6-2-1-3-7-19)20-15-18-5-4-8-21(22(18)24-16-20)23-12-9-17-10-13-27-14-11-17/h1-8,15-17,23H,9-14H2. The van der Waals surface area contributed by atoms with Gasteiger partial charge in [-0.15, -0.1) is 0 Å². The molecule has 28 heavy (non-hydrogen) atoms. The average Bonchev–Trinajstić information content (AvgIpc) is 2.75. The van der Waals surface area contributed by atoms with E-state index in [-0.39, 0.29) is 9.79 Å². The summed E-state index contributed by atoms with van der Waals surface area (Å²) in [5, 5.41) is 4.29. The number of rotatable bonds is 6. The molecule has 1 saturated heterocycles. The fourth-order valence-electron chi connectivity index (χ4n) is 3.61. The highest BCUT2D eigenvalue weighted by molar-refractivity contribution is 7.91. The summed E-state index contributed by atoms with van der Waals surface area (Å²) in [7, 11) is -3.57. The van der Waals surface area contributed by atoms with Crippen LogP contribution in [0.3, 0.4) is 0 Å². The van der Waals surface area contributed by atoms with Crippen molar-refractivity contribution in [3.05, 3.63) is 60.8 Å². The Morgan fingerprint density at radius 1 is 1.00 bits per heavy atom. The summed E-state index contributed by atoms with van der Waals surface area (Å²) < 4.78 is 31.1. The van der Waals surface area contributed by atoms with Crippen LogP contribution >= 0.6 is 0 Å². The summed E-state index contributed by atoms with van der Waals surface area (Å²) >= 11 is 0. The molecule has 0 radical (unpaired) electrons.